The molecule has 4 rings (SSSR count). The largest absolute Gasteiger partial charge is 0.457 e. The van der Waals surface area contributed by atoms with Gasteiger partial charge in [0.05, 0.1) is 4.90 Å². The van der Waals surface area contributed by atoms with Crippen LogP contribution in [0.25, 0.3) is 10.8 Å². The van der Waals surface area contributed by atoms with Gasteiger partial charge in [-0.25, -0.2) is 8.42 Å². The van der Waals surface area contributed by atoms with Gasteiger partial charge in [-0.1, -0.05) is 66.2 Å². The molecule has 1 aliphatic heterocycles. The first-order chi connectivity index (χ1) is 14.8. The first-order valence-electron chi connectivity index (χ1n) is 10.2. The normalized spacial score (nSPS) is 18.3. The lowest BCUT2D eigenvalue weighted by Gasteiger charge is -2.25. The summed E-state index contributed by atoms with van der Waals surface area (Å²) < 4.78 is 33.5. The van der Waals surface area contributed by atoms with E-state index in [1.165, 1.54) is 11.2 Å². The van der Waals surface area contributed by atoms with Gasteiger partial charge in [0.15, 0.2) is 0 Å². The average molecular weight is 436 g/mol. The van der Waals surface area contributed by atoms with Crippen molar-refractivity contribution in [1.29, 1.82) is 0 Å². The van der Waals surface area contributed by atoms with Crippen LogP contribution in [0.1, 0.15) is 24.2 Å². The Balaban J connectivity index is 1.66. The molecule has 1 aliphatic rings. The van der Waals surface area contributed by atoms with Crippen molar-refractivity contribution in [2.24, 2.45) is 5.92 Å². The van der Waals surface area contributed by atoms with Crippen LogP contribution in [-0.2, 0) is 19.6 Å². The SMILES string of the molecule is C=C1CN(S(=O)(=O)c2ccc(C)cc2)C[C@H]1[C@@H](OC(C)=O)c1ccc2ccccc2c1. The van der Waals surface area contributed by atoms with Crippen LogP contribution in [0.15, 0.2) is 83.8 Å². The molecule has 160 valence electrons. The van der Waals surface area contributed by atoms with Crippen LogP contribution in [0, 0.1) is 12.8 Å². The standard InChI is InChI=1S/C25H25NO4S/c1-17-8-12-23(13-9-17)31(28,29)26-15-18(2)24(16-26)25(30-19(3)27)22-11-10-20-6-4-5-7-21(20)14-22/h4-14,24-25H,2,15-16H2,1,3H3/t24-,25+/m1/s1. The first-order valence-corrected chi connectivity index (χ1v) is 11.6. The molecule has 0 bridgehead atoms. The highest BCUT2D eigenvalue weighted by Crippen LogP contribution is 2.38. The Labute approximate surface area is 183 Å². The molecule has 0 radical (unpaired) electrons. The third kappa shape index (κ3) is 4.27. The van der Waals surface area contributed by atoms with E-state index in [4.69, 9.17) is 4.74 Å². The Kier molecular flexibility index (Phi) is 5.69. The lowest BCUT2D eigenvalue weighted by molar-refractivity contribution is -0.148. The summed E-state index contributed by atoms with van der Waals surface area (Å²) in [6, 6.07) is 20.7. The van der Waals surface area contributed by atoms with Crippen molar-refractivity contribution < 1.29 is 17.9 Å². The number of aryl methyl sites for hydroxylation is 1. The number of carbonyl (C=O) groups is 1. The van der Waals surface area contributed by atoms with Crippen LogP contribution in [0.5, 0.6) is 0 Å². The number of nitrogens with zero attached hydrogens (tertiary/aromatic N) is 1. The Hall–Kier alpha value is -2.96. The summed E-state index contributed by atoms with van der Waals surface area (Å²) >= 11 is 0. The minimum atomic E-state index is -3.67. The predicted molar refractivity (Wildman–Crippen MR) is 121 cm³/mol. The maximum atomic E-state index is 13.2. The number of rotatable bonds is 5. The van der Waals surface area contributed by atoms with Gasteiger partial charge in [0.25, 0.3) is 0 Å². The molecule has 6 heteroatoms. The molecule has 3 aromatic carbocycles. The highest BCUT2D eigenvalue weighted by molar-refractivity contribution is 7.89. The summed E-state index contributed by atoms with van der Waals surface area (Å²) in [6.45, 7) is 7.82. The molecule has 5 nitrogen and oxygen atoms in total. The van der Waals surface area contributed by atoms with Crippen LogP contribution in [0.2, 0.25) is 0 Å². The quantitative estimate of drug-likeness (QED) is 0.433. The molecule has 1 heterocycles. The third-order valence-electron chi connectivity index (χ3n) is 5.72. The average Bonchev–Trinajstić information content (AvgIpc) is 3.14. The van der Waals surface area contributed by atoms with E-state index in [9.17, 15) is 13.2 Å². The second kappa shape index (κ2) is 8.29. The van der Waals surface area contributed by atoms with E-state index in [-0.39, 0.29) is 23.9 Å². The molecular weight excluding hydrogens is 410 g/mol. The number of sulfonamides is 1. The highest BCUT2D eigenvalue weighted by Gasteiger charge is 2.40. The fraction of sp³-hybridized carbons (Fsp3) is 0.240. The van der Waals surface area contributed by atoms with Crippen molar-refractivity contribution in [1.82, 2.24) is 4.31 Å². The zero-order chi connectivity index (χ0) is 22.2. The molecule has 0 amide bonds. The van der Waals surface area contributed by atoms with E-state index in [2.05, 4.69) is 6.58 Å². The van der Waals surface area contributed by atoms with Gasteiger partial charge in [-0.15, -0.1) is 0 Å². The molecule has 2 atom stereocenters. The molecule has 0 aliphatic carbocycles. The molecule has 0 unspecified atom stereocenters. The number of esters is 1. The summed E-state index contributed by atoms with van der Waals surface area (Å²) in [5.41, 5.74) is 2.55. The Morgan fingerprint density at radius 3 is 2.42 bits per heavy atom. The zero-order valence-corrected chi connectivity index (χ0v) is 18.4. The minimum absolute atomic E-state index is 0.201. The molecule has 0 aromatic heterocycles. The Morgan fingerprint density at radius 1 is 1.06 bits per heavy atom. The number of hydrogen-bond acceptors (Lipinski definition) is 4. The van der Waals surface area contributed by atoms with Crippen molar-refractivity contribution >= 4 is 26.8 Å². The maximum Gasteiger partial charge on any atom is 0.303 e. The lowest BCUT2D eigenvalue weighted by Crippen LogP contribution is -2.30. The molecular formula is C25H25NO4S. The van der Waals surface area contributed by atoms with Crippen molar-refractivity contribution in [3.05, 3.63) is 90.0 Å². The van der Waals surface area contributed by atoms with Crippen LogP contribution < -0.4 is 0 Å². The Bertz CT molecular complexity index is 1250. The van der Waals surface area contributed by atoms with E-state index in [0.29, 0.717) is 0 Å². The third-order valence-corrected chi connectivity index (χ3v) is 7.55. The predicted octanol–water partition coefficient (Wildman–Crippen LogP) is 4.63. The van der Waals surface area contributed by atoms with Gasteiger partial charge >= 0.3 is 5.97 Å². The zero-order valence-electron chi connectivity index (χ0n) is 17.6. The van der Waals surface area contributed by atoms with Crippen LogP contribution in [0.3, 0.4) is 0 Å². The van der Waals surface area contributed by atoms with E-state index >= 15 is 0 Å². The Morgan fingerprint density at radius 2 is 1.74 bits per heavy atom. The fourth-order valence-electron chi connectivity index (χ4n) is 4.06. The fourth-order valence-corrected chi connectivity index (χ4v) is 5.53. The summed E-state index contributed by atoms with van der Waals surface area (Å²) in [6.07, 6.45) is -0.604. The molecule has 1 fully saturated rings. The lowest BCUT2D eigenvalue weighted by atomic mass is 9.91. The van der Waals surface area contributed by atoms with Crippen molar-refractivity contribution in [3.63, 3.8) is 0 Å². The maximum absolute atomic E-state index is 13.2. The van der Waals surface area contributed by atoms with E-state index in [1.54, 1.807) is 24.3 Å². The summed E-state index contributed by atoms with van der Waals surface area (Å²) in [5.74, 6) is -0.740. The van der Waals surface area contributed by atoms with Gasteiger partial charge in [0.1, 0.15) is 6.10 Å². The second-order valence-electron chi connectivity index (χ2n) is 8.01. The minimum Gasteiger partial charge on any atom is -0.457 e. The molecule has 1 saturated heterocycles. The number of benzene rings is 3. The van der Waals surface area contributed by atoms with Crippen LogP contribution >= 0.6 is 0 Å². The smallest absolute Gasteiger partial charge is 0.303 e. The van der Waals surface area contributed by atoms with Gasteiger partial charge in [0.2, 0.25) is 10.0 Å². The molecule has 0 spiro atoms. The van der Waals surface area contributed by atoms with Gasteiger partial charge in [-0.3, -0.25) is 4.79 Å². The van der Waals surface area contributed by atoms with Crippen LogP contribution in [-0.4, -0.2) is 31.8 Å². The van der Waals surface area contributed by atoms with E-state index < -0.39 is 22.1 Å². The van der Waals surface area contributed by atoms with Crippen LogP contribution in [0.4, 0.5) is 0 Å². The summed E-state index contributed by atoms with van der Waals surface area (Å²) in [5, 5.41) is 2.12. The number of fused-ring (bicyclic) bond motifs is 1. The monoisotopic (exact) mass is 435 g/mol. The number of carbonyl (C=O) groups excluding carboxylic acids is 1. The molecule has 0 N–H and O–H groups in total. The molecule has 31 heavy (non-hydrogen) atoms. The topological polar surface area (TPSA) is 63.7 Å². The first kappa shape index (κ1) is 21.3. The van der Waals surface area contributed by atoms with E-state index in [0.717, 1.165) is 27.5 Å². The van der Waals surface area contributed by atoms with Gasteiger partial charge in [-0.2, -0.15) is 4.31 Å². The van der Waals surface area contributed by atoms with Crippen molar-refractivity contribution in [2.75, 3.05) is 13.1 Å². The number of hydrogen-bond donors (Lipinski definition) is 0. The van der Waals surface area contributed by atoms with Gasteiger partial charge in [-0.05, 0) is 41.5 Å². The summed E-state index contributed by atoms with van der Waals surface area (Å²) in [4.78, 5) is 12.2. The number of ether oxygens (including phenoxy) is 1. The van der Waals surface area contributed by atoms with Gasteiger partial charge in [0, 0.05) is 25.9 Å². The second-order valence-corrected chi connectivity index (χ2v) is 9.95. The highest BCUT2D eigenvalue weighted by atomic mass is 32.2. The molecule has 0 saturated carbocycles. The van der Waals surface area contributed by atoms with Crippen molar-refractivity contribution in [3.8, 4) is 0 Å². The summed E-state index contributed by atoms with van der Waals surface area (Å²) in [7, 11) is -3.67. The molecule has 3 aromatic rings. The van der Waals surface area contributed by atoms with Gasteiger partial charge < -0.3 is 4.74 Å². The van der Waals surface area contributed by atoms with Crippen molar-refractivity contribution in [2.45, 2.75) is 24.8 Å². The van der Waals surface area contributed by atoms with E-state index in [1.807, 2.05) is 49.4 Å².